The van der Waals surface area contributed by atoms with Gasteiger partial charge in [-0.1, -0.05) is 13.0 Å². The quantitative estimate of drug-likeness (QED) is 0.467. The number of rotatable bonds is 6. The molecule has 2 fully saturated rings. The van der Waals surface area contributed by atoms with E-state index in [4.69, 9.17) is 19.4 Å². The van der Waals surface area contributed by atoms with Crippen LogP contribution in [0.3, 0.4) is 0 Å². The number of fused-ring (bicyclic) bond motifs is 3. The predicted octanol–water partition coefficient (Wildman–Crippen LogP) is 4.39. The van der Waals surface area contributed by atoms with E-state index in [9.17, 15) is 4.79 Å². The molecule has 0 radical (unpaired) electrons. The van der Waals surface area contributed by atoms with Gasteiger partial charge >= 0.3 is 0 Å². The maximum Gasteiger partial charge on any atom is 0.252 e. The summed E-state index contributed by atoms with van der Waals surface area (Å²) in [5.74, 6) is 2.12. The third kappa shape index (κ3) is 4.78. The van der Waals surface area contributed by atoms with E-state index in [-0.39, 0.29) is 34.7 Å². The largest absolute Gasteiger partial charge is 0.381 e. The van der Waals surface area contributed by atoms with Gasteiger partial charge in [0.15, 0.2) is 0 Å². The van der Waals surface area contributed by atoms with Crippen molar-refractivity contribution in [1.29, 1.82) is 0 Å². The zero-order valence-electron chi connectivity index (χ0n) is 24.0. The third-order valence-corrected chi connectivity index (χ3v) is 8.77. The molecule has 6 rings (SSSR count). The molecule has 0 saturated carbocycles. The summed E-state index contributed by atoms with van der Waals surface area (Å²) < 4.78 is 13.6. The fraction of sp³-hybridized carbons (Fsp3) is 0.533. The Morgan fingerprint density at radius 3 is 2.67 bits per heavy atom. The first-order chi connectivity index (χ1) is 19.2. The van der Waals surface area contributed by atoms with Gasteiger partial charge < -0.3 is 29.6 Å². The average Bonchev–Trinajstić information content (AvgIpc) is 3.20. The van der Waals surface area contributed by atoms with Crippen molar-refractivity contribution in [1.82, 2.24) is 24.8 Å². The van der Waals surface area contributed by atoms with Crippen LogP contribution >= 0.6 is 0 Å². The predicted molar refractivity (Wildman–Crippen MR) is 155 cm³/mol. The zero-order valence-corrected chi connectivity index (χ0v) is 24.0. The second-order valence-electron chi connectivity index (χ2n) is 12.0. The van der Waals surface area contributed by atoms with Crippen LogP contribution in [0.25, 0.3) is 0 Å². The molecule has 40 heavy (non-hydrogen) atoms. The monoisotopic (exact) mass is 545 g/mol. The van der Waals surface area contributed by atoms with E-state index >= 15 is 0 Å². The van der Waals surface area contributed by atoms with Crippen molar-refractivity contribution < 1.29 is 9.47 Å². The van der Waals surface area contributed by atoms with Gasteiger partial charge in [-0.15, -0.1) is 0 Å². The van der Waals surface area contributed by atoms with Gasteiger partial charge in [0.25, 0.3) is 5.56 Å². The smallest absolute Gasteiger partial charge is 0.252 e. The first-order valence-corrected chi connectivity index (χ1v) is 14.2. The van der Waals surface area contributed by atoms with Gasteiger partial charge in [-0.05, 0) is 65.3 Å². The molecule has 2 N–H and O–H groups in total. The van der Waals surface area contributed by atoms with Crippen LogP contribution in [0.15, 0.2) is 47.5 Å². The Hall–Kier alpha value is -3.34. The number of nitrogens with zero attached hydrogens (tertiary/aromatic N) is 5. The summed E-state index contributed by atoms with van der Waals surface area (Å²) in [5.41, 5.74) is 2.07. The molecule has 10 heteroatoms. The molecular formula is C30H39N7O3. The minimum Gasteiger partial charge on any atom is -0.381 e. The third-order valence-electron chi connectivity index (χ3n) is 8.77. The molecule has 0 bridgehead atoms. The number of nitrogens with one attached hydrogen (secondary N) is 2. The van der Waals surface area contributed by atoms with E-state index in [0.29, 0.717) is 31.5 Å². The number of pyridine rings is 2. The first-order valence-electron chi connectivity index (χ1n) is 14.2. The van der Waals surface area contributed by atoms with E-state index in [1.54, 1.807) is 10.6 Å². The van der Waals surface area contributed by atoms with Gasteiger partial charge in [-0.2, -0.15) is 4.98 Å². The molecule has 3 aliphatic rings. The van der Waals surface area contributed by atoms with Gasteiger partial charge in [0, 0.05) is 60.4 Å². The maximum atomic E-state index is 12.9. The molecule has 1 unspecified atom stereocenters. The normalized spacial score (nSPS) is 24.8. The zero-order chi connectivity index (χ0) is 28.1. The second-order valence-corrected chi connectivity index (χ2v) is 12.0. The highest BCUT2D eigenvalue weighted by molar-refractivity contribution is 5.71. The molecule has 3 aromatic rings. The van der Waals surface area contributed by atoms with Crippen molar-refractivity contribution in [2.75, 3.05) is 37.1 Å². The summed E-state index contributed by atoms with van der Waals surface area (Å²) in [5, 5.41) is 6.57. The van der Waals surface area contributed by atoms with Crippen LogP contribution in [-0.2, 0) is 14.9 Å². The fourth-order valence-corrected chi connectivity index (χ4v) is 6.18. The molecule has 6 heterocycles. The number of hydrogen-bond acceptors (Lipinski definition) is 9. The van der Waals surface area contributed by atoms with Crippen LogP contribution in [0.4, 0.5) is 23.3 Å². The Morgan fingerprint density at radius 1 is 1.12 bits per heavy atom. The molecule has 3 aliphatic heterocycles. The minimum absolute atomic E-state index is 0.0442. The van der Waals surface area contributed by atoms with Crippen molar-refractivity contribution >= 4 is 23.3 Å². The lowest BCUT2D eigenvalue weighted by atomic mass is 9.73. The Balaban J connectivity index is 1.36. The van der Waals surface area contributed by atoms with Gasteiger partial charge in [0.05, 0.1) is 23.9 Å². The summed E-state index contributed by atoms with van der Waals surface area (Å²) in [6.07, 6.45) is 6.27. The lowest BCUT2D eigenvalue weighted by Crippen LogP contribution is -2.54. The standard InChI is InChI=1S/C30H39N7O3/c1-19(31-5)23-7-6-8-25(34-23)37-24-16-29(2,3)40-18-30(24,4)22-17-32-28(35-27(22)37)33-20-9-12-36(26(38)15-20)21-10-13-39-14-11-21/h6-9,12,15,17,19,21,24,31H,10-11,13-14,16,18H2,1-5H3,(H,32,33,35)/t19-,24?,30+/m0/s1. The number of aromatic nitrogens is 4. The topological polar surface area (TPSA) is 106 Å². The second kappa shape index (κ2) is 10.2. The van der Waals surface area contributed by atoms with Crippen LogP contribution in [0, 0.1) is 0 Å². The molecule has 3 atom stereocenters. The summed E-state index contributed by atoms with van der Waals surface area (Å²) in [6.45, 7) is 10.6. The van der Waals surface area contributed by atoms with Crippen LogP contribution in [0.5, 0.6) is 0 Å². The Morgan fingerprint density at radius 2 is 1.93 bits per heavy atom. The van der Waals surface area contributed by atoms with Crippen molar-refractivity contribution in [3.05, 3.63) is 64.3 Å². The van der Waals surface area contributed by atoms with E-state index in [2.05, 4.69) is 60.3 Å². The lowest BCUT2D eigenvalue weighted by molar-refractivity contribution is -0.0893. The summed E-state index contributed by atoms with van der Waals surface area (Å²) in [7, 11) is 1.94. The SMILES string of the molecule is CN[C@@H](C)c1cccc(N2c3nc(Nc4ccn(C5CCOCC5)c(=O)c4)ncc3[C@@]3(C)COC(C)(C)CC23)n1. The van der Waals surface area contributed by atoms with Crippen molar-refractivity contribution in [2.24, 2.45) is 0 Å². The fourth-order valence-electron chi connectivity index (χ4n) is 6.18. The van der Waals surface area contributed by atoms with Gasteiger partial charge in [-0.25, -0.2) is 9.97 Å². The van der Waals surface area contributed by atoms with Crippen LogP contribution in [0.1, 0.15) is 70.3 Å². The molecule has 3 aromatic heterocycles. The molecule has 0 aliphatic carbocycles. The number of hydrogen-bond donors (Lipinski definition) is 2. The lowest BCUT2D eigenvalue weighted by Gasteiger charge is -2.46. The highest BCUT2D eigenvalue weighted by Crippen LogP contribution is 2.53. The van der Waals surface area contributed by atoms with E-state index < -0.39 is 0 Å². The molecule has 0 spiro atoms. The van der Waals surface area contributed by atoms with E-state index in [1.165, 1.54) is 0 Å². The molecule has 0 amide bonds. The van der Waals surface area contributed by atoms with Crippen LogP contribution < -0.4 is 21.1 Å². The van der Waals surface area contributed by atoms with Gasteiger partial charge in [-0.3, -0.25) is 4.79 Å². The van der Waals surface area contributed by atoms with E-state index in [1.807, 2.05) is 31.6 Å². The van der Waals surface area contributed by atoms with Crippen molar-refractivity contribution in [3.8, 4) is 0 Å². The summed E-state index contributed by atoms with van der Waals surface area (Å²) in [6, 6.07) is 10.1. The minimum atomic E-state index is -0.292. The Labute approximate surface area is 235 Å². The highest BCUT2D eigenvalue weighted by Gasteiger charge is 2.55. The molecular weight excluding hydrogens is 506 g/mol. The molecule has 212 valence electrons. The van der Waals surface area contributed by atoms with Crippen molar-refractivity contribution in [2.45, 2.75) is 76.1 Å². The Kier molecular flexibility index (Phi) is 6.88. The number of ether oxygens (including phenoxy) is 2. The highest BCUT2D eigenvalue weighted by atomic mass is 16.5. The van der Waals surface area contributed by atoms with Crippen molar-refractivity contribution in [3.63, 3.8) is 0 Å². The van der Waals surface area contributed by atoms with E-state index in [0.717, 1.165) is 42.2 Å². The molecule has 0 aromatic carbocycles. The summed E-state index contributed by atoms with van der Waals surface area (Å²) in [4.78, 5) is 30.0. The first kappa shape index (κ1) is 26.9. The van der Waals surface area contributed by atoms with Gasteiger partial charge in [0.1, 0.15) is 11.6 Å². The van der Waals surface area contributed by atoms with Gasteiger partial charge in [0.2, 0.25) is 5.95 Å². The van der Waals surface area contributed by atoms with Crippen LogP contribution in [-0.4, -0.2) is 58.0 Å². The Bertz CT molecular complexity index is 1450. The van der Waals surface area contributed by atoms with Crippen LogP contribution in [0.2, 0.25) is 0 Å². The average molecular weight is 546 g/mol. The molecule has 2 saturated heterocycles. The maximum absolute atomic E-state index is 12.9. The molecule has 10 nitrogen and oxygen atoms in total. The number of anilines is 4. The summed E-state index contributed by atoms with van der Waals surface area (Å²) >= 11 is 0.